The van der Waals surface area contributed by atoms with Crippen LogP contribution in [0.5, 0.6) is 5.75 Å². The lowest BCUT2D eigenvalue weighted by molar-refractivity contribution is -0.134. The molecule has 0 aliphatic carbocycles. The minimum absolute atomic E-state index is 0.0725. The number of ketones is 1. The van der Waals surface area contributed by atoms with Crippen molar-refractivity contribution in [1.29, 1.82) is 0 Å². The van der Waals surface area contributed by atoms with Gasteiger partial charge >= 0.3 is 0 Å². The summed E-state index contributed by atoms with van der Waals surface area (Å²) >= 11 is 0. The normalized spacial score (nSPS) is 16.4. The van der Waals surface area contributed by atoms with Crippen molar-refractivity contribution in [2.75, 3.05) is 20.1 Å². The lowest BCUT2D eigenvalue weighted by Crippen LogP contribution is -2.37. The van der Waals surface area contributed by atoms with Gasteiger partial charge in [0.05, 0.1) is 12.5 Å². The first-order valence-electron chi connectivity index (χ1n) is 8.68. The predicted molar refractivity (Wildman–Crippen MR) is 97.8 cm³/mol. The highest BCUT2D eigenvalue weighted by molar-refractivity contribution is 6.00. The zero-order valence-corrected chi connectivity index (χ0v) is 15.0. The van der Waals surface area contributed by atoms with Crippen molar-refractivity contribution in [2.24, 2.45) is 5.92 Å². The fourth-order valence-electron chi connectivity index (χ4n) is 3.15. The molecule has 1 aromatic heterocycles. The lowest BCUT2D eigenvalue weighted by atomic mass is 10.1. The second kappa shape index (κ2) is 7.99. The Balaban J connectivity index is 1.57. The smallest absolute Gasteiger partial charge is 0.228 e. The molecule has 0 radical (unpaired) electrons. The molecule has 1 fully saturated rings. The number of benzene rings is 1. The molecule has 27 heavy (non-hydrogen) atoms. The summed E-state index contributed by atoms with van der Waals surface area (Å²) in [6.45, 7) is 0.688. The van der Waals surface area contributed by atoms with Crippen LogP contribution < -0.4 is 0 Å². The van der Waals surface area contributed by atoms with E-state index in [0.717, 1.165) is 5.56 Å². The van der Waals surface area contributed by atoms with E-state index in [4.69, 9.17) is 0 Å². The van der Waals surface area contributed by atoms with Crippen molar-refractivity contribution in [3.63, 3.8) is 0 Å². The molecule has 1 atom stereocenters. The Labute approximate surface area is 157 Å². The summed E-state index contributed by atoms with van der Waals surface area (Å²) in [4.78, 5) is 44.2. The molecule has 2 heterocycles. The summed E-state index contributed by atoms with van der Waals surface area (Å²) in [5.74, 6) is -0.886. The van der Waals surface area contributed by atoms with Gasteiger partial charge in [0.25, 0.3) is 0 Å². The van der Waals surface area contributed by atoms with E-state index in [1.165, 1.54) is 29.2 Å². The van der Waals surface area contributed by atoms with Crippen molar-refractivity contribution in [3.05, 3.63) is 59.9 Å². The summed E-state index contributed by atoms with van der Waals surface area (Å²) in [5.41, 5.74) is 1.34. The van der Waals surface area contributed by atoms with E-state index in [9.17, 15) is 19.5 Å². The van der Waals surface area contributed by atoms with Gasteiger partial charge in [0.2, 0.25) is 11.8 Å². The number of hydrogen-bond acceptors (Lipinski definition) is 5. The second-order valence-electron chi connectivity index (χ2n) is 6.70. The lowest BCUT2D eigenvalue weighted by Gasteiger charge is -2.21. The third-order valence-corrected chi connectivity index (χ3v) is 4.61. The molecule has 3 rings (SSSR count). The number of aromatic hydroxyl groups is 1. The second-order valence-corrected chi connectivity index (χ2v) is 6.70. The molecule has 1 aliphatic heterocycles. The van der Waals surface area contributed by atoms with Crippen LogP contribution in [0.2, 0.25) is 0 Å². The first-order valence-corrected chi connectivity index (χ1v) is 8.68. The van der Waals surface area contributed by atoms with Gasteiger partial charge in [-0.05, 0) is 35.9 Å². The zero-order chi connectivity index (χ0) is 19.4. The third kappa shape index (κ3) is 4.49. The molecule has 1 saturated heterocycles. The monoisotopic (exact) mass is 367 g/mol. The third-order valence-electron chi connectivity index (χ3n) is 4.61. The van der Waals surface area contributed by atoms with Crippen molar-refractivity contribution >= 4 is 17.6 Å². The molecule has 0 spiro atoms. The average Bonchev–Trinajstić information content (AvgIpc) is 3.02. The molecule has 1 unspecified atom stereocenters. The number of rotatable bonds is 6. The Morgan fingerprint density at radius 2 is 2.00 bits per heavy atom. The number of hydrogen-bond donors (Lipinski definition) is 1. The van der Waals surface area contributed by atoms with E-state index in [0.29, 0.717) is 18.7 Å². The van der Waals surface area contributed by atoms with E-state index in [2.05, 4.69) is 4.98 Å². The van der Waals surface area contributed by atoms with Gasteiger partial charge in [-0.2, -0.15) is 0 Å². The van der Waals surface area contributed by atoms with Crippen molar-refractivity contribution in [2.45, 2.75) is 13.0 Å². The maximum absolute atomic E-state index is 12.7. The highest BCUT2D eigenvalue weighted by atomic mass is 16.3. The molecule has 1 aromatic carbocycles. The SMILES string of the molecule is CN(CC(=O)c1ccc(O)cc1)C(=O)C1CC(=O)N(Cc2cccnc2)C1. The van der Waals surface area contributed by atoms with Crippen LogP contribution in [-0.2, 0) is 16.1 Å². The Kier molecular flexibility index (Phi) is 5.49. The molecule has 7 heteroatoms. The largest absolute Gasteiger partial charge is 0.508 e. The maximum atomic E-state index is 12.7. The fraction of sp³-hybridized carbons (Fsp3) is 0.300. The minimum atomic E-state index is -0.452. The van der Waals surface area contributed by atoms with E-state index < -0.39 is 5.92 Å². The number of nitrogens with zero attached hydrogens (tertiary/aromatic N) is 3. The summed E-state index contributed by atoms with van der Waals surface area (Å²) in [6, 6.07) is 9.59. The topological polar surface area (TPSA) is 90.8 Å². The number of aromatic nitrogens is 1. The molecular formula is C20H21N3O4. The highest BCUT2D eigenvalue weighted by Gasteiger charge is 2.36. The van der Waals surface area contributed by atoms with Gasteiger partial charge in [0, 0.05) is 44.5 Å². The average molecular weight is 367 g/mol. The standard InChI is InChI=1S/C20H21N3O4/c1-22(13-18(25)15-4-6-17(24)7-5-15)20(27)16-9-19(26)23(12-16)11-14-3-2-8-21-10-14/h2-8,10,16,24H,9,11-13H2,1H3. The summed E-state index contributed by atoms with van der Waals surface area (Å²) in [5, 5.41) is 9.29. The number of likely N-dealkylation sites (tertiary alicyclic amines) is 1. The number of phenols is 1. The van der Waals surface area contributed by atoms with Gasteiger partial charge in [-0.15, -0.1) is 0 Å². The van der Waals surface area contributed by atoms with Gasteiger partial charge in [0.1, 0.15) is 5.75 Å². The van der Waals surface area contributed by atoms with Crippen LogP contribution in [-0.4, -0.2) is 57.6 Å². The van der Waals surface area contributed by atoms with Crippen LogP contribution in [0.3, 0.4) is 0 Å². The van der Waals surface area contributed by atoms with Crippen molar-refractivity contribution < 1.29 is 19.5 Å². The van der Waals surface area contributed by atoms with Gasteiger partial charge in [-0.25, -0.2) is 0 Å². The van der Waals surface area contributed by atoms with Crippen LogP contribution >= 0.6 is 0 Å². The number of carbonyl (C=O) groups excluding carboxylic acids is 3. The van der Waals surface area contributed by atoms with Gasteiger partial charge in [-0.1, -0.05) is 6.07 Å². The summed E-state index contributed by atoms with van der Waals surface area (Å²) in [6.07, 6.45) is 3.52. The minimum Gasteiger partial charge on any atom is -0.508 e. The Morgan fingerprint density at radius 1 is 1.26 bits per heavy atom. The molecule has 7 nitrogen and oxygen atoms in total. The maximum Gasteiger partial charge on any atom is 0.228 e. The molecule has 140 valence electrons. The van der Waals surface area contributed by atoms with Crippen molar-refractivity contribution in [3.8, 4) is 5.75 Å². The molecular weight excluding hydrogens is 346 g/mol. The van der Waals surface area contributed by atoms with Crippen LogP contribution in [0.25, 0.3) is 0 Å². The van der Waals surface area contributed by atoms with Crippen molar-refractivity contribution in [1.82, 2.24) is 14.8 Å². The molecule has 0 saturated carbocycles. The predicted octanol–water partition coefficient (Wildman–Crippen LogP) is 1.48. The molecule has 2 amide bonds. The number of pyridine rings is 1. The number of carbonyl (C=O) groups is 3. The van der Waals surface area contributed by atoms with Crippen LogP contribution in [0, 0.1) is 5.92 Å². The summed E-state index contributed by atoms with van der Waals surface area (Å²) < 4.78 is 0. The molecule has 1 N–H and O–H groups in total. The van der Waals surface area contributed by atoms with E-state index >= 15 is 0 Å². The van der Waals surface area contributed by atoms with Crippen LogP contribution in [0.4, 0.5) is 0 Å². The quantitative estimate of drug-likeness (QED) is 0.781. The Morgan fingerprint density at radius 3 is 2.67 bits per heavy atom. The first-order chi connectivity index (χ1) is 12.9. The Hall–Kier alpha value is -3.22. The fourth-order valence-corrected chi connectivity index (χ4v) is 3.15. The zero-order valence-electron chi connectivity index (χ0n) is 15.0. The number of Topliss-reactive ketones (excluding diaryl/α,β-unsaturated/α-hetero) is 1. The number of likely N-dealkylation sites (N-methyl/N-ethyl adjacent to an activating group) is 1. The summed E-state index contributed by atoms with van der Waals surface area (Å²) in [7, 11) is 1.56. The van der Waals surface area contributed by atoms with E-state index in [-0.39, 0.29) is 36.3 Å². The van der Waals surface area contributed by atoms with Crippen LogP contribution in [0.1, 0.15) is 22.3 Å². The van der Waals surface area contributed by atoms with Gasteiger partial charge in [-0.3, -0.25) is 19.4 Å². The van der Waals surface area contributed by atoms with Gasteiger partial charge in [0.15, 0.2) is 5.78 Å². The van der Waals surface area contributed by atoms with Crippen LogP contribution in [0.15, 0.2) is 48.8 Å². The van der Waals surface area contributed by atoms with Gasteiger partial charge < -0.3 is 14.9 Å². The Bertz CT molecular complexity index is 836. The van der Waals surface area contributed by atoms with E-state index in [1.54, 1.807) is 30.4 Å². The van der Waals surface area contributed by atoms with E-state index in [1.807, 2.05) is 6.07 Å². The first kappa shape index (κ1) is 18.6. The molecule has 1 aliphatic rings. The number of phenolic OH excluding ortho intramolecular Hbond substituents is 1. The number of amides is 2. The molecule has 0 bridgehead atoms. The molecule has 2 aromatic rings. The highest BCUT2D eigenvalue weighted by Crippen LogP contribution is 2.22.